The molecule has 2 aromatic heterocycles. The maximum atomic E-state index is 11.1. The van der Waals surface area contributed by atoms with Crippen LogP contribution in [-0.4, -0.2) is 38.0 Å². The van der Waals surface area contributed by atoms with Crippen LogP contribution in [0.3, 0.4) is 0 Å². The van der Waals surface area contributed by atoms with Crippen LogP contribution in [0.2, 0.25) is 0 Å². The summed E-state index contributed by atoms with van der Waals surface area (Å²) in [5.41, 5.74) is 0.705. The molecule has 0 radical (unpaired) electrons. The second-order valence-corrected chi connectivity index (χ2v) is 3.80. The molecule has 0 fully saturated rings. The van der Waals surface area contributed by atoms with E-state index in [2.05, 4.69) is 20.6 Å². The van der Waals surface area contributed by atoms with Gasteiger partial charge in [-0.3, -0.25) is 0 Å². The maximum Gasteiger partial charge on any atom is 0.354 e. The first-order chi connectivity index (χ1) is 8.52. The van der Waals surface area contributed by atoms with Crippen molar-refractivity contribution in [1.82, 2.24) is 19.9 Å². The lowest BCUT2D eigenvalue weighted by molar-refractivity contribution is 0.0681. The fourth-order valence-electron chi connectivity index (χ4n) is 1.58. The average molecular weight is 251 g/mol. The van der Waals surface area contributed by atoms with Gasteiger partial charge in [-0.05, 0) is 25.1 Å². The molecular weight excluding hydrogens is 238 g/mol. The largest absolute Gasteiger partial charge is 0.477 e. The van der Waals surface area contributed by atoms with Crippen LogP contribution in [0.4, 0.5) is 5.95 Å². The van der Waals surface area contributed by atoms with Crippen LogP contribution >= 0.6 is 0 Å². The van der Waals surface area contributed by atoms with E-state index in [0.717, 1.165) is 0 Å². The number of hydrogen-bond donors (Lipinski definition) is 2. The molecule has 1 atom stereocenters. The molecule has 2 rings (SSSR count). The quantitative estimate of drug-likeness (QED) is 0.832. The van der Waals surface area contributed by atoms with E-state index in [1.54, 1.807) is 20.9 Å². The highest BCUT2D eigenvalue weighted by Crippen LogP contribution is 2.19. The molecule has 0 saturated heterocycles. The van der Waals surface area contributed by atoms with Crippen molar-refractivity contribution in [3.8, 4) is 0 Å². The van der Waals surface area contributed by atoms with Crippen molar-refractivity contribution in [2.45, 2.75) is 19.9 Å². The van der Waals surface area contributed by atoms with Gasteiger partial charge in [0.15, 0.2) is 0 Å². The van der Waals surface area contributed by atoms with Gasteiger partial charge in [-0.15, -0.1) is 0 Å². The topological polar surface area (TPSA) is 106 Å². The predicted octanol–water partition coefficient (Wildman–Crippen LogP) is 0.924. The molecule has 96 valence electrons. The monoisotopic (exact) mass is 251 g/mol. The number of anilines is 1. The summed E-state index contributed by atoms with van der Waals surface area (Å²) in [7, 11) is 1.67. The fourth-order valence-corrected chi connectivity index (χ4v) is 1.58. The minimum atomic E-state index is -1.05. The third kappa shape index (κ3) is 2.04. The van der Waals surface area contributed by atoms with E-state index < -0.39 is 12.0 Å². The molecule has 8 nitrogen and oxygen atoms in total. The highest BCUT2D eigenvalue weighted by Gasteiger charge is 2.22. The maximum absolute atomic E-state index is 11.1. The lowest BCUT2D eigenvalue weighted by Crippen LogP contribution is -2.15. The van der Waals surface area contributed by atoms with Gasteiger partial charge in [0.05, 0.1) is 5.69 Å². The van der Waals surface area contributed by atoms with Gasteiger partial charge in [-0.2, -0.15) is 10.1 Å². The minimum absolute atomic E-state index is 0.0872. The first kappa shape index (κ1) is 12.1. The molecule has 2 heterocycles. The normalized spacial score (nSPS) is 12.4. The molecule has 0 saturated carbocycles. The highest BCUT2D eigenvalue weighted by molar-refractivity contribution is 5.85. The molecule has 1 unspecified atom stereocenters. The molecule has 0 amide bonds. The Morgan fingerprint density at radius 3 is 2.89 bits per heavy atom. The average Bonchev–Trinajstić information content (AvgIpc) is 2.94. The van der Waals surface area contributed by atoms with Crippen molar-refractivity contribution in [2.24, 2.45) is 0 Å². The number of nitrogens with zero attached hydrogens (tertiary/aromatic N) is 4. The van der Waals surface area contributed by atoms with Gasteiger partial charge >= 0.3 is 5.97 Å². The van der Waals surface area contributed by atoms with Gasteiger partial charge < -0.3 is 14.9 Å². The Morgan fingerprint density at radius 2 is 2.33 bits per heavy atom. The van der Waals surface area contributed by atoms with Crippen molar-refractivity contribution in [2.75, 3.05) is 12.4 Å². The Bertz CT molecular complexity index is 574. The van der Waals surface area contributed by atoms with Gasteiger partial charge in [-0.25, -0.2) is 9.48 Å². The first-order valence-electron chi connectivity index (χ1n) is 5.33. The van der Waals surface area contributed by atoms with E-state index in [0.29, 0.717) is 17.5 Å². The molecule has 2 N–H and O–H groups in total. The van der Waals surface area contributed by atoms with Crippen molar-refractivity contribution in [3.63, 3.8) is 0 Å². The number of rotatable bonds is 4. The van der Waals surface area contributed by atoms with E-state index in [1.165, 1.54) is 10.7 Å². The number of hydrogen-bond acceptors (Lipinski definition) is 6. The van der Waals surface area contributed by atoms with Crippen molar-refractivity contribution in [3.05, 3.63) is 23.3 Å². The lowest BCUT2D eigenvalue weighted by atomic mass is 10.3. The highest BCUT2D eigenvalue weighted by atomic mass is 16.5. The van der Waals surface area contributed by atoms with E-state index in [4.69, 9.17) is 9.63 Å². The van der Waals surface area contributed by atoms with Crippen LogP contribution in [0, 0.1) is 6.92 Å². The number of nitrogens with one attached hydrogen (secondary N) is 1. The zero-order valence-electron chi connectivity index (χ0n) is 10.2. The number of aromatic nitrogens is 4. The Morgan fingerprint density at radius 1 is 1.61 bits per heavy atom. The van der Waals surface area contributed by atoms with Crippen molar-refractivity contribution < 1.29 is 14.4 Å². The fraction of sp³-hybridized carbons (Fsp3) is 0.400. The smallest absolute Gasteiger partial charge is 0.354 e. The molecular formula is C10H13N5O3. The first-order valence-corrected chi connectivity index (χ1v) is 5.33. The summed E-state index contributed by atoms with van der Waals surface area (Å²) in [6, 6.07) is 1.05. The molecule has 0 aliphatic rings. The van der Waals surface area contributed by atoms with Crippen molar-refractivity contribution >= 4 is 11.9 Å². The zero-order chi connectivity index (χ0) is 13.3. The molecule has 2 aromatic rings. The molecule has 0 bridgehead atoms. The zero-order valence-corrected chi connectivity index (χ0v) is 10.2. The van der Waals surface area contributed by atoms with Gasteiger partial charge in [0.1, 0.15) is 11.7 Å². The van der Waals surface area contributed by atoms with Gasteiger partial charge in [0.25, 0.3) is 11.8 Å². The number of aromatic carboxylic acids is 1. The lowest BCUT2D eigenvalue weighted by Gasteiger charge is -2.09. The Balaban J connectivity index is 2.38. The van der Waals surface area contributed by atoms with E-state index in [1.807, 2.05) is 0 Å². The number of aryl methyl sites for hydroxylation is 1. The van der Waals surface area contributed by atoms with Crippen LogP contribution in [-0.2, 0) is 0 Å². The summed E-state index contributed by atoms with van der Waals surface area (Å²) in [6.07, 6.45) is 0. The van der Waals surface area contributed by atoms with Crippen LogP contribution in [0.5, 0.6) is 0 Å². The van der Waals surface area contributed by atoms with Gasteiger partial charge in [0.2, 0.25) is 0 Å². The third-order valence-electron chi connectivity index (χ3n) is 2.47. The van der Waals surface area contributed by atoms with E-state index in [-0.39, 0.29) is 5.69 Å². The van der Waals surface area contributed by atoms with E-state index >= 15 is 0 Å². The minimum Gasteiger partial charge on any atom is -0.477 e. The van der Waals surface area contributed by atoms with Crippen LogP contribution < -0.4 is 5.32 Å². The Kier molecular flexibility index (Phi) is 3.00. The molecule has 0 spiro atoms. The van der Waals surface area contributed by atoms with Crippen LogP contribution in [0.15, 0.2) is 10.6 Å². The number of carboxylic acid groups (broad SMARTS) is 1. The summed E-state index contributed by atoms with van der Waals surface area (Å²) in [4.78, 5) is 15.2. The SMILES string of the molecule is CNc1noc(C(C)n2nc(C)cc2C(=O)O)n1. The molecule has 0 aliphatic carbocycles. The molecule has 0 aromatic carbocycles. The van der Waals surface area contributed by atoms with Gasteiger partial charge in [0, 0.05) is 7.05 Å². The Labute approximate surface area is 103 Å². The predicted molar refractivity (Wildman–Crippen MR) is 61.6 cm³/mol. The summed E-state index contributed by atoms with van der Waals surface area (Å²) in [5, 5.41) is 19.6. The number of carboxylic acids is 1. The summed E-state index contributed by atoms with van der Waals surface area (Å²) < 4.78 is 6.39. The third-order valence-corrected chi connectivity index (χ3v) is 2.47. The van der Waals surface area contributed by atoms with Crippen LogP contribution in [0.25, 0.3) is 0 Å². The van der Waals surface area contributed by atoms with E-state index in [9.17, 15) is 4.79 Å². The number of carbonyl (C=O) groups is 1. The Hall–Kier alpha value is -2.38. The second kappa shape index (κ2) is 4.47. The summed E-state index contributed by atoms with van der Waals surface area (Å²) in [5.74, 6) is -0.404. The molecule has 18 heavy (non-hydrogen) atoms. The second-order valence-electron chi connectivity index (χ2n) is 3.80. The molecule has 0 aliphatic heterocycles. The summed E-state index contributed by atoms with van der Waals surface area (Å²) in [6.45, 7) is 3.47. The standard InChI is InChI=1S/C10H13N5O3/c1-5-4-7(9(16)17)15(13-5)6(2)8-12-10(11-3)14-18-8/h4,6H,1-3H3,(H,11,14)(H,16,17). The van der Waals surface area contributed by atoms with Crippen molar-refractivity contribution in [1.29, 1.82) is 0 Å². The molecule has 8 heteroatoms. The summed E-state index contributed by atoms with van der Waals surface area (Å²) >= 11 is 0. The van der Waals surface area contributed by atoms with Crippen LogP contribution in [0.1, 0.15) is 35.0 Å². The van der Waals surface area contributed by atoms with Gasteiger partial charge in [-0.1, -0.05) is 0 Å².